The van der Waals surface area contributed by atoms with Gasteiger partial charge in [0.15, 0.2) is 0 Å². The zero-order valence-corrected chi connectivity index (χ0v) is 12.5. The molecule has 5 nitrogen and oxygen atoms in total. The van der Waals surface area contributed by atoms with Gasteiger partial charge < -0.3 is 10.2 Å². The minimum absolute atomic E-state index is 0.00664. The van der Waals surface area contributed by atoms with Crippen LogP contribution in [0.15, 0.2) is 0 Å². The Morgan fingerprint density at radius 1 is 1.33 bits per heavy atom. The summed E-state index contributed by atoms with van der Waals surface area (Å²) in [7, 11) is -3.02. The number of carbonyl (C=O) groups is 1. The zero-order valence-electron chi connectivity index (χ0n) is 11.6. The summed E-state index contributed by atoms with van der Waals surface area (Å²) in [6, 6.07) is 0.374. The van der Waals surface area contributed by atoms with Crippen molar-refractivity contribution >= 4 is 15.9 Å². The number of nitrogens with one attached hydrogen (secondary N) is 1. The number of amides is 2. The fraction of sp³-hybridized carbons (Fsp3) is 0.917. The largest absolute Gasteiger partial charge is 0.337 e. The van der Waals surface area contributed by atoms with Gasteiger partial charge in [-0.2, -0.15) is 0 Å². The van der Waals surface area contributed by atoms with E-state index in [9.17, 15) is 13.2 Å². The Bertz CT molecular complexity index is 388. The summed E-state index contributed by atoms with van der Waals surface area (Å²) in [4.78, 5) is 13.9. The number of carbonyl (C=O) groups excluding carboxylic acids is 1. The average Bonchev–Trinajstić information content (AvgIpc) is 2.99. The molecule has 1 aliphatic carbocycles. The lowest BCUT2D eigenvalue weighted by Gasteiger charge is -2.32. The lowest BCUT2D eigenvalue weighted by atomic mass is 10.0. The fourth-order valence-corrected chi connectivity index (χ4v) is 2.26. The van der Waals surface area contributed by atoms with Gasteiger partial charge in [0.25, 0.3) is 0 Å². The second kappa shape index (κ2) is 5.91. The van der Waals surface area contributed by atoms with Gasteiger partial charge in [0, 0.05) is 24.9 Å². The average molecular weight is 276 g/mol. The van der Waals surface area contributed by atoms with Crippen molar-refractivity contribution in [2.45, 2.75) is 45.7 Å². The summed E-state index contributed by atoms with van der Waals surface area (Å²) in [6.45, 7) is 6.40. The Kier molecular flexibility index (Phi) is 5.01. The molecule has 0 saturated heterocycles. The first-order valence-electron chi connectivity index (χ1n) is 6.46. The van der Waals surface area contributed by atoms with Gasteiger partial charge in [-0.3, -0.25) is 0 Å². The van der Waals surface area contributed by atoms with Gasteiger partial charge in [-0.15, -0.1) is 0 Å². The van der Waals surface area contributed by atoms with Crippen LogP contribution in [0.25, 0.3) is 0 Å². The smallest absolute Gasteiger partial charge is 0.317 e. The lowest BCUT2D eigenvalue weighted by Crippen LogP contribution is -2.49. The molecule has 0 aromatic rings. The summed E-state index contributed by atoms with van der Waals surface area (Å²) in [5.41, 5.74) is 0. The lowest BCUT2D eigenvalue weighted by molar-refractivity contribution is 0.157. The third-order valence-corrected chi connectivity index (χ3v) is 4.27. The van der Waals surface area contributed by atoms with Gasteiger partial charge >= 0.3 is 6.03 Å². The van der Waals surface area contributed by atoms with Gasteiger partial charge in [-0.05, 0) is 25.7 Å². The number of hydrogen-bond acceptors (Lipinski definition) is 3. The van der Waals surface area contributed by atoms with Crippen molar-refractivity contribution in [2.75, 3.05) is 18.6 Å². The summed E-state index contributed by atoms with van der Waals surface area (Å²) in [6.07, 6.45) is 3.28. The molecule has 1 saturated carbocycles. The third-order valence-electron chi connectivity index (χ3n) is 3.33. The molecule has 18 heavy (non-hydrogen) atoms. The summed E-state index contributed by atoms with van der Waals surface area (Å²) in [5.74, 6) is 0.388. The molecule has 0 aromatic heterocycles. The molecule has 0 radical (unpaired) electrons. The molecule has 0 aromatic carbocycles. The molecule has 0 spiro atoms. The molecule has 1 N–H and O–H groups in total. The van der Waals surface area contributed by atoms with Crippen LogP contribution >= 0.6 is 0 Å². The molecular weight excluding hydrogens is 252 g/mol. The molecular formula is C12H24N2O3S. The Hall–Kier alpha value is -0.780. The van der Waals surface area contributed by atoms with Crippen LogP contribution in [-0.2, 0) is 9.84 Å². The monoisotopic (exact) mass is 276 g/mol. The molecule has 106 valence electrons. The van der Waals surface area contributed by atoms with E-state index in [0.717, 1.165) is 12.8 Å². The van der Waals surface area contributed by atoms with Crippen molar-refractivity contribution < 1.29 is 13.2 Å². The minimum Gasteiger partial charge on any atom is -0.337 e. The van der Waals surface area contributed by atoms with Crippen molar-refractivity contribution in [3.63, 3.8) is 0 Å². The highest BCUT2D eigenvalue weighted by Gasteiger charge is 2.36. The van der Waals surface area contributed by atoms with E-state index < -0.39 is 9.84 Å². The van der Waals surface area contributed by atoms with E-state index in [1.54, 1.807) is 0 Å². The Morgan fingerprint density at radius 2 is 1.89 bits per heavy atom. The Balaban J connectivity index is 2.50. The van der Waals surface area contributed by atoms with Crippen molar-refractivity contribution in [3.05, 3.63) is 0 Å². The molecule has 0 unspecified atom stereocenters. The van der Waals surface area contributed by atoms with Crippen LogP contribution in [-0.4, -0.2) is 50.0 Å². The second-order valence-corrected chi connectivity index (χ2v) is 7.74. The van der Waals surface area contributed by atoms with Crippen LogP contribution in [0.2, 0.25) is 0 Å². The molecule has 1 fully saturated rings. The van der Waals surface area contributed by atoms with Gasteiger partial charge in [-0.1, -0.05) is 13.8 Å². The number of urea groups is 1. The molecule has 1 atom stereocenters. The van der Waals surface area contributed by atoms with Crippen LogP contribution in [0.3, 0.4) is 0 Å². The van der Waals surface area contributed by atoms with E-state index >= 15 is 0 Å². The molecule has 6 heteroatoms. The van der Waals surface area contributed by atoms with Crippen LogP contribution < -0.4 is 5.32 Å². The highest BCUT2D eigenvalue weighted by atomic mass is 32.2. The molecule has 1 aliphatic rings. The first kappa shape index (κ1) is 15.3. The minimum atomic E-state index is -3.02. The van der Waals surface area contributed by atoms with Gasteiger partial charge in [0.05, 0.1) is 5.75 Å². The normalized spacial score (nSPS) is 17.6. The second-order valence-electron chi connectivity index (χ2n) is 5.48. The molecule has 0 aliphatic heterocycles. The predicted octanol–water partition coefficient (Wildman–Crippen LogP) is 1.25. The molecule has 2 amide bonds. The van der Waals surface area contributed by atoms with E-state index in [0.29, 0.717) is 12.0 Å². The van der Waals surface area contributed by atoms with Crippen molar-refractivity contribution in [2.24, 2.45) is 5.92 Å². The summed E-state index contributed by atoms with van der Waals surface area (Å²) in [5, 5.41) is 2.70. The maximum atomic E-state index is 12.1. The highest BCUT2D eigenvalue weighted by Crippen LogP contribution is 2.30. The first-order chi connectivity index (χ1) is 8.22. The molecule has 1 rings (SSSR count). The Labute approximate surface area is 110 Å². The number of nitrogens with zero attached hydrogens (tertiary/aromatic N) is 1. The molecule has 0 heterocycles. The van der Waals surface area contributed by atoms with Crippen LogP contribution in [0.1, 0.15) is 33.6 Å². The predicted molar refractivity (Wildman–Crippen MR) is 72.3 cm³/mol. The SMILES string of the molecule is CC(C)[C@H](C)N(C(=O)NCCS(C)(=O)=O)C1CC1. The Morgan fingerprint density at radius 3 is 2.28 bits per heavy atom. The maximum Gasteiger partial charge on any atom is 0.317 e. The number of hydrogen-bond donors (Lipinski definition) is 1. The fourth-order valence-electron chi connectivity index (χ4n) is 1.79. The van der Waals surface area contributed by atoms with E-state index in [2.05, 4.69) is 19.2 Å². The summed E-state index contributed by atoms with van der Waals surface area (Å²) < 4.78 is 22.0. The number of rotatable bonds is 6. The van der Waals surface area contributed by atoms with Gasteiger partial charge in [0.1, 0.15) is 9.84 Å². The maximum absolute atomic E-state index is 12.1. The van der Waals surface area contributed by atoms with E-state index in [-0.39, 0.29) is 24.4 Å². The summed E-state index contributed by atoms with van der Waals surface area (Å²) >= 11 is 0. The van der Waals surface area contributed by atoms with Crippen molar-refractivity contribution in [3.8, 4) is 0 Å². The topological polar surface area (TPSA) is 66.5 Å². The van der Waals surface area contributed by atoms with Crippen LogP contribution in [0.5, 0.6) is 0 Å². The zero-order chi connectivity index (χ0) is 13.9. The first-order valence-corrected chi connectivity index (χ1v) is 8.52. The van der Waals surface area contributed by atoms with Crippen molar-refractivity contribution in [1.82, 2.24) is 10.2 Å². The van der Waals surface area contributed by atoms with Crippen LogP contribution in [0, 0.1) is 5.92 Å². The van der Waals surface area contributed by atoms with E-state index in [1.165, 1.54) is 6.26 Å². The van der Waals surface area contributed by atoms with Crippen LogP contribution in [0.4, 0.5) is 4.79 Å². The van der Waals surface area contributed by atoms with Gasteiger partial charge in [0.2, 0.25) is 0 Å². The standard InChI is InChI=1S/C12H24N2O3S/c1-9(2)10(3)14(11-5-6-11)12(15)13-7-8-18(4,16)17/h9-11H,5-8H2,1-4H3,(H,13,15)/t10-/m0/s1. The van der Waals surface area contributed by atoms with E-state index in [4.69, 9.17) is 0 Å². The van der Waals surface area contributed by atoms with Crippen molar-refractivity contribution in [1.29, 1.82) is 0 Å². The third kappa shape index (κ3) is 4.84. The quantitative estimate of drug-likeness (QED) is 0.794. The van der Waals surface area contributed by atoms with Gasteiger partial charge in [-0.25, -0.2) is 13.2 Å². The molecule has 0 bridgehead atoms. The highest BCUT2D eigenvalue weighted by molar-refractivity contribution is 7.90. The van der Waals surface area contributed by atoms with E-state index in [1.807, 2.05) is 11.8 Å². The number of sulfone groups is 1.